The van der Waals surface area contributed by atoms with Gasteiger partial charge in [-0.1, -0.05) is 25.7 Å². The minimum absolute atomic E-state index is 0.346. The van der Waals surface area contributed by atoms with Gasteiger partial charge in [0, 0.05) is 11.1 Å². The SMILES string of the molecule is CC1([N]C2(C)CCCC2)CCCC1. The van der Waals surface area contributed by atoms with Crippen molar-refractivity contribution in [2.45, 2.75) is 76.3 Å². The van der Waals surface area contributed by atoms with Crippen LogP contribution in [0.3, 0.4) is 0 Å². The summed E-state index contributed by atoms with van der Waals surface area (Å²) in [6, 6.07) is 0. The van der Waals surface area contributed by atoms with Gasteiger partial charge >= 0.3 is 0 Å². The van der Waals surface area contributed by atoms with Crippen LogP contribution in [0.2, 0.25) is 0 Å². The van der Waals surface area contributed by atoms with Gasteiger partial charge in [-0.3, -0.25) is 0 Å². The van der Waals surface area contributed by atoms with Gasteiger partial charge < -0.3 is 0 Å². The predicted molar refractivity (Wildman–Crippen MR) is 55.9 cm³/mol. The molecule has 0 aliphatic heterocycles. The van der Waals surface area contributed by atoms with Gasteiger partial charge in [0.2, 0.25) is 0 Å². The number of hydrogen-bond donors (Lipinski definition) is 0. The first-order valence-corrected chi connectivity index (χ1v) is 5.86. The van der Waals surface area contributed by atoms with Crippen molar-refractivity contribution in [1.82, 2.24) is 5.32 Å². The van der Waals surface area contributed by atoms with E-state index in [2.05, 4.69) is 13.8 Å². The molecule has 75 valence electrons. The zero-order valence-corrected chi connectivity index (χ0v) is 9.10. The van der Waals surface area contributed by atoms with E-state index < -0.39 is 0 Å². The van der Waals surface area contributed by atoms with Crippen LogP contribution >= 0.6 is 0 Å². The second-order valence-electron chi connectivity index (χ2n) is 5.52. The van der Waals surface area contributed by atoms with Crippen LogP contribution in [0.1, 0.15) is 65.2 Å². The highest BCUT2D eigenvalue weighted by Gasteiger charge is 2.39. The van der Waals surface area contributed by atoms with E-state index in [0.29, 0.717) is 11.1 Å². The van der Waals surface area contributed by atoms with Crippen LogP contribution < -0.4 is 5.32 Å². The van der Waals surface area contributed by atoms with E-state index in [1.807, 2.05) is 0 Å². The summed E-state index contributed by atoms with van der Waals surface area (Å²) in [4.78, 5) is 0. The molecular formula is C12H22N. The fraction of sp³-hybridized carbons (Fsp3) is 1.00. The summed E-state index contributed by atoms with van der Waals surface area (Å²) in [5.41, 5.74) is 0.693. The average molecular weight is 180 g/mol. The van der Waals surface area contributed by atoms with Gasteiger partial charge in [0.15, 0.2) is 0 Å². The maximum atomic E-state index is 5.14. The third kappa shape index (κ3) is 2.07. The number of nitrogens with zero attached hydrogens (tertiary/aromatic N) is 1. The lowest BCUT2D eigenvalue weighted by molar-refractivity contribution is 0.229. The molecule has 0 amide bonds. The van der Waals surface area contributed by atoms with Crippen molar-refractivity contribution in [2.24, 2.45) is 0 Å². The van der Waals surface area contributed by atoms with E-state index in [9.17, 15) is 0 Å². The summed E-state index contributed by atoms with van der Waals surface area (Å²) in [5.74, 6) is 0. The molecule has 0 aromatic carbocycles. The third-order valence-corrected chi connectivity index (χ3v) is 3.90. The van der Waals surface area contributed by atoms with Crippen LogP contribution in [-0.2, 0) is 0 Å². The smallest absolute Gasteiger partial charge is 0.0335 e. The van der Waals surface area contributed by atoms with Crippen molar-refractivity contribution in [2.75, 3.05) is 0 Å². The molecule has 1 radical (unpaired) electrons. The zero-order valence-electron chi connectivity index (χ0n) is 9.10. The molecule has 0 atom stereocenters. The predicted octanol–water partition coefficient (Wildman–Crippen LogP) is 3.26. The first kappa shape index (κ1) is 9.51. The largest absolute Gasteiger partial charge is 0.229 e. The molecule has 0 bridgehead atoms. The molecule has 2 saturated carbocycles. The second kappa shape index (κ2) is 3.27. The van der Waals surface area contributed by atoms with E-state index in [4.69, 9.17) is 5.32 Å². The molecule has 0 N–H and O–H groups in total. The van der Waals surface area contributed by atoms with Crippen molar-refractivity contribution >= 4 is 0 Å². The lowest BCUT2D eigenvalue weighted by Gasteiger charge is -2.34. The molecule has 2 aliphatic rings. The minimum atomic E-state index is 0.346. The van der Waals surface area contributed by atoms with Crippen LogP contribution in [0.25, 0.3) is 0 Å². The summed E-state index contributed by atoms with van der Waals surface area (Å²) in [7, 11) is 0. The molecule has 0 aromatic heterocycles. The third-order valence-electron chi connectivity index (χ3n) is 3.90. The Morgan fingerprint density at radius 2 is 1.00 bits per heavy atom. The fourth-order valence-corrected chi connectivity index (χ4v) is 3.15. The molecular weight excluding hydrogens is 158 g/mol. The number of rotatable bonds is 2. The lowest BCUT2D eigenvalue weighted by atomic mass is 9.92. The maximum Gasteiger partial charge on any atom is 0.0335 e. The first-order chi connectivity index (χ1) is 6.12. The molecule has 1 heteroatoms. The van der Waals surface area contributed by atoms with Gasteiger partial charge in [-0.25, -0.2) is 5.32 Å². The quantitative estimate of drug-likeness (QED) is 0.619. The van der Waals surface area contributed by atoms with Crippen molar-refractivity contribution in [1.29, 1.82) is 0 Å². The molecule has 0 saturated heterocycles. The summed E-state index contributed by atoms with van der Waals surface area (Å²) in [6.07, 6.45) is 10.9. The van der Waals surface area contributed by atoms with Crippen LogP contribution in [-0.4, -0.2) is 11.1 Å². The Morgan fingerprint density at radius 1 is 0.692 bits per heavy atom. The topological polar surface area (TPSA) is 14.1 Å². The highest BCUT2D eigenvalue weighted by molar-refractivity contribution is 4.97. The molecule has 2 rings (SSSR count). The molecule has 0 heterocycles. The van der Waals surface area contributed by atoms with Crippen molar-refractivity contribution < 1.29 is 0 Å². The Balaban J connectivity index is 1.95. The van der Waals surface area contributed by atoms with Crippen LogP contribution in [0, 0.1) is 0 Å². The summed E-state index contributed by atoms with van der Waals surface area (Å²) in [5, 5.41) is 5.14. The number of hydrogen-bond acceptors (Lipinski definition) is 0. The highest BCUT2D eigenvalue weighted by atomic mass is 15.1. The monoisotopic (exact) mass is 180 g/mol. The highest BCUT2D eigenvalue weighted by Crippen LogP contribution is 2.38. The van der Waals surface area contributed by atoms with Crippen LogP contribution in [0.15, 0.2) is 0 Å². The molecule has 2 aliphatic carbocycles. The molecule has 2 fully saturated rings. The standard InChI is InChI=1S/C12H22N/c1-11(7-3-4-8-11)13-12(2)9-5-6-10-12/h3-10H2,1-2H3. The Kier molecular flexibility index (Phi) is 2.39. The Labute approximate surface area is 82.3 Å². The van der Waals surface area contributed by atoms with Crippen molar-refractivity contribution in [3.8, 4) is 0 Å². The molecule has 1 nitrogen and oxygen atoms in total. The maximum absolute atomic E-state index is 5.14. The normalized spacial score (nSPS) is 30.9. The Morgan fingerprint density at radius 3 is 1.31 bits per heavy atom. The van der Waals surface area contributed by atoms with Gasteiger partial charge in [-0.15, -0.1) is 0 Å². The molecule has 0 unspecified atom stereocenters. The Bertz CT molecular complexity index is 154. The Hall–Kier alpha value is -0.0400. The fourth-order valence-electron chi connectivity index (χ4n) is 3.15. The molecule has 0 spiro atoms. The summed E-state index contributed by atoms with van der Waals surface area (Å²) >= 11 is 0. The van der Waals surface area contributed by atoms with Gasteiger partial charge in [-0.05, 0) is 39.5 Å². The van der Waals surface area contributed by atoms with E-state index in [-0.39, 0.29) is 0 Å². The van der Waals surface area contributed by atoms with Crippen molar-refractivity contribution in [3.63, 3.8) is 0 Å². The van der Waals surface area contributed by atoms with Gasteiger partial charge in [0.25, 0.3) is 0 Å². The van der Waals surface area contributed by atoms with Crippen LogP contribution in [0.4, 0.5) is 0 Å². The van der Waals surface area contributed by atoms with E-state index >= 15 is 0 Å². The van der Waals surface area contributed by atoms with Gasteiger partial charge in [0.1, 0.15) is 0 Å². The van der Waals surface area contributed by atoms with E-state index in [1.54, 1.807) is 0 Å². The lowest BCUT2D eigenvalue weighted by Crippen LogP contribution is -2.46. The van der Waals surface area contributed by atoms with Gasteiger partial charge in [0.05, 0.1) is 0 Å². The molecule has 0 aromatic rings. The zero-order chi connectivity index (χ0) is 9.36. The van der Waals surface area contributed by atoms with Gasteiger partial charge in [-0.2, -0.15) is 0 Å². The molecule has 13 heavy (non-hydrogen) atoms. The first-order valence-electron chi connectivity index (χ1n) is 5.86. The van der Waals surface area contributed by atoms with E-state index in [0.717, 1.165) is 0 Å². The minimum Gasteiger partial charge on any atom is -0.229 e. The van der Waals surface area contributed by atoms with E-state index in [1.165, 1.54) is 51.4 Å². The summed E-state index contributed by atoms with van der Waals surface area (Å²) < 4.78 is 0. The van der Waals surface area contributed by atoms with Crippen molar-refractivity contribution in [3.05, 3.63) is 0 Å². The second-order valence-corrected chi connectivity index (χ2v) is 5.52. The average Bonchev–Trinajstić information content (AvgIpc) is 2.60. The summed E-state index contributed by atoms with van der Waals surface area (Å²) in [6.45, 7) is 4.73. The van der Waals surface area contributed by atoms with Crippen LogP contribution in [0.5, 0.6) is 0 Å².